The first-order valence-electron chi connectivity index (χ1n) is 5.88. The third kappa shape index (κ3) is 4.98. The van der Waals surface area contributed by atoms with Crippen molar-refractivity contribution in [3.05, 3.63) is 41.6 Å². The second-order valence-corrected chi connectivity index (χ2v) is 9.65. The molecule has 0 saturated carbocycles. The summed E-state index contributed by atoms with van der Waals surface area (Å²) in [5.74, 6) is 0. The van der Waals surface area contributed by atoms with Gasteiger partial charge in [0.2, 0.25) is 0 Å². The van der Waals surface area contributed by atoms with Crippen LogP contribution >= 0.6 is 0 Å². The third-order valence-corrected chi connectivity index (χ3v) is 5.41. The summed E-state index contributed by atoms with van der Waals surface area (Å²) in [6.45, 7) is 7.16. The van der Waals surface area contributed by atoms with E-state index in [2.05, 4.69) is 62.1 Å². The van der Waals surface area contributed by atoms with Gasteiger partial charge >= 0.3 is 0 Å². The van der Waals surface area contributed by atoms with E-state index in [1.165, 1.54) is 24.4 Å². The van der Waals surface area contributed by atoms with Crippen molar-refractivity contribution in [1.29, 1.82) is 0 Å². The SMILES string of the molecule is CCCC[Si](C)(C)C=Cc1ccccc1. The van der Waals surface area contributed by atoms with Crippen LogP contribution in [0, 0.1) is 0 Å². The first-order chi connectivity index (χ1) is 7.14. The lowest BCUT2D eigenvalue weighted by Crippen LogP contribution is -2.21. The lowest BCUT2D eigenvalue weighted by atomic mass is 10.2. The lowest BCUT2D eigenvalue weighted by molar-refractivity contribution is 0.870. The third-order valence-electron chi connectivity index (χ3n) is 2.70. The van der Waals surface area contributed by atoms with Gasteiger partial charge in [-0.25, -0.2) is 0 Å². The van der Waals surface area contributed by atoms with Gasteiger partial charge in [-0.3, -0.25) is 0 Å². The zero-order valence-corrected chi connectivity index (χ0v) is 11.2. The Hall–Kier alpha value is -0.823. The first-order valence-corrected chi connectivity index (χ1v) is 9.17. The molecule has 82 valence electrons. The van der Waals surface area contributed by atoms with Crippen LogP contribution in [0.3, 0.4) is 0 Å². The van der Waals surface area contributed by atoms with Crippen molar-refractivity contribution in [3.8, 4) is 0 Å². The minimum absolute atomic E-state index is 1.09. The molecule has 0 N–H and O–H groups in total. The van der Waals surface area contributed by atoms with Crippen LogP contribution in [0.4, 0.5) is 0 Å². The zero-order valence-electron chi connectivity index (χ0n) is 10.2. The molecule has 0 heterocycles. The Labute approximate surface area is 95.0 Å². The van der Waals surface area contributed by atoms with Gasteiger partial charge in [-0.15, -0.1) is 0 Å². The van der Waals surface area contributed by atoms with E-state index in [1.54, 1.807) is 0 Å². The smallest absolute Gasteiger partial charge is 0.0717 e. The topological polar surface area (TPSA) is 0 Å². The van der Waals surface area contributed by atoms with E-state index < -0.39 is 8.07 Å². The van der Waals surface area contributed by atoms with E-state index in [0.29, 0.717) is 0 Å². The Morgan fingerprint density at radius 2 is 1.80 bits per heavy atom. The molecule has 0 fully saturated rings. The molecule has 0 bridgehead atoms. The van der Waals surface area contributed by atoms with E-state index >= 15 is 0 Å². The van der Waals surface area contributed by atoms with E-state index in [0.717, 1.165) is 0 Å². The number of hydrogen-bond acceptors (Lipinski definition) is 0. The molecular formula is C14H22Si. The number of hydrogen-bond donors (Lipinski definition) is 0. The van der Waals surface area contributed by atoms with Crippen LogP contribution in [0.1, 0.15) is 25.3 Å². The average molecular weight is 218 g/mol. The van der Waals surface area contributed by atoms with Gasteiger partial charge in [0.05, 0.1) is 8.07 Å². The second kappa shape index (κ2) is 5.91. The number of benzene rings is 1. The molecule has 0 radical (unpaired) electrons. The van der Waals surface area contributed by atoms with Gasteiger partial charge < -0.3 is 0 Å². The minimum Gasteiger partial charge on any atom is -0.0942 e. The van der Waals surface area contributed by atoms with Crippen LogP contribution in [-0.4, -0.2) is 8.07 Å². The highest BCUT2D eigenvalue weighted by molar-refractivity contribution is 6.82. The van der Waals surface area contributed by atoms with Gasteiger partial charge in [0.15, 0.2) is 0 Å². The van der Waals surface area contributed by atoms with Crippen LogP contribution < -0.4 is 0 Å². The second-order valence-electron chi connectivity index (χ2n) is 4.84. The molecule has 0 aliphatic heterocycles. The van der Waals surface area contributed by atoms with Crippen LogP contribution in [0.5, 0.6) is 0 Å². The van der Waals surface area contributed by atoms with Gasteiger partial charge in [0.25, 0.3) is 0 Å². The van der Waals surface area contributed by atoms with Gasteiger partial charge in [0, 0.05) is 0 Å². The van der Waals surface area contributed by atoms with Crippen LogP contribution in [0.25, 0.3) is 6.08 Å². The lowest BCUT2D eigenvalue weighted by Gasteiger charge is -2.16. The largest absolute Gasteiger partial charge is 0.0942 e. The van der Waals surface area contributed by atoms with Crippen LogP contribution in [0.15, 0.2) is 36.0 Å². The fraction of sp³-hybridized carbons (Fsp3) is 0.429. The molecule has 15 heavy (non-hydrogen) atoms. The van der Waals surface area contributed by atoms with E-state index in [-0.39, 0.29) is 0 Å². The highest BCUT2D eigenvalue weighted by Crippen LogP contribution is 2.16. The quantitative estimate of drug-likeness (QED) is 0.626. The first kappa shape index (κ1) is 12.2. The normalized spacial score (nSPS) is 12.2. The van der Waals surface area contributed by atoms with Gasteiger partial charge in [-0.1, -0.05) is 81.0 Å². The molecule has 0 spiro atoms. The summed E-state index contributed by atoms with van der Waals surface area (Å²) in [6.07, 6.45) is 4.98. The Kier molecular flexibility index (Phi) is 4.83. The van der Waals surface area contributed by atoms with E-state index in [4.69, 9.17) is 0 Å². The predicted octanol–water partition coefficient (Wildman–Crippen LogP) is 4.75. The molecule has 1 aromatic carbocycles. The Morgan fingerprint density at radius 3 is 2.40 bits per heavy atom. The fourth-order valence-corrected chi connectivity index (χ4v) is 3.68. The maximum atomic E-state index is 2.47. The summed E-state index contributed by atoms with van der Waals surface area (Å²) >= 11 is 0. The molecule has 0 aliphatic carbocycles. The highest BCUT2D eigenvalue weighted by atomic mass is 28.3. The molecule has 0 aromatic heterocycles. The standard InChI is InChI=1S/C14H22Si/c1-4-5-12-15(2,3)13-11-14-9-7-6-8-10-14/h6-11,13H,4-5,12H2,1-3H3. The average Bonchev–Trinajstić information content (AvgIpc) is 2.25. The van der Waals surface area contributed by atoms with E-state index in [1.807, 2.05) is 0 Å². The number of unbranched alkanes of at least 4 members (excludes halogenated alkanes) is 1. The van der Waals surface area contributed by atoms with Gasteiger partial charge in [-0.2, -0.15) is 0 Å². The molecule has 0 aliphatic rings. The zero-order chi connectivity index (χ0) is 11.1. The molecule has 1 aromatic rings. The van der Waals surface area contributed by atoms with Crippen molar-refractivity contribution >= 4 is 14.1 Å². The van der Waals surface area contributed by atoms with Crippen molar-refractivity contribution in [2.45, 2.75) is 38.9 Å². The molecule has 0 unspecified atom stereocenters. The molecule has 1 heteroatoms. The van der Waals surface area contributed by atoms with Gasteiger partial charge in [0.1, 0.15) is 0 Å². The van der Waals surface area contributed by atoms with Crippen molar-refractivity contribution in [1.82, 2.24) is 0 Å². The molecule has 1 rings (SSSR count). The predicted molar refractivity (Wildman–Crippen MR) is 72.7 cm³/mol. The summed E-state index contributed by atoms with van der Waals surface area (Å²) in [6, 6.07) is 12.0. The van der Waals surface area contributed by atoms with Crippen molar-refractivity contribution in [2.24, 2.45) is 0 Å². The summed E-state index contributed by atoms with van der Waals surface area (Å²) in [5.41, 5.74) is 3.80. The molecule has 0 nitrogen and oxygen atoms in total. The van der Waals surface area contributed by atoms with Gasteiger partial charge in [-0.05, 0) is 5.56 Å². The summed E-state index contributed by atoms with van der Waals surface area (Å²) < 4.78 is 0. The highest BCUT2D eigenvalue weighted by Gasteiger charge is 2.14. The van der Waals surface area contributed by atoms with Crippen molar-refractivity contribution in [3.63, 3.8) is 0 Å². The maximum Gasteiger partial charge on any atom is 0.0717 e. The molecule has 0 atom stereocenters. The maximum absolute atomic E-state index is 2.47. The summed E-state index contributed by atoms with van der Waals surface area (Å²) in [5, 5.41) is 0. The monoisotopic (exact) mass is 218 g/mol. The summed E-state index contributed by atoms with van der Waals surface area (Å²) in [4.78, 5) is 0. The Balaban J connectivity index is 2.56. The Bertz CT molecular complexity index is 298. The van der Waals surface area contributed by atoms with Crippen LogP contribution in [-0.2, 0) is 0 Å². The van der Waals surface area contributed by atoms with Crippen molar-refractivity contribution in [2.75, 3.05) is 0 Å². The summed E-state index contributed by atoms with van der Waals surface area (Å²) in [7, 11) is -1.09. The molecule has 0 saturated heterocycles. The van der Waals surface area contributed by atoms with E-state index in [9.17, 15) is 0 Å². The minimum atomic E-state index is -1.09. The molecular weight excluding hydrogens is 196 g/mol. The Morgan fingerprint density at radius 1 is 1.13 bits per heavy atom. The van der Waals surface area contributed by atoms with Crippen LogP contribution in [0.2, 0.25) is 19.1 Å². The van der Waals surface area contributed by atoms with Crippen molar-refractivity contribution < 1.29 is 0 Å². The number of rotatable bonds is 5. The molecule has 0 amide bonds. The fourth-order valence-electron chi connectivity index (χ4n) is 1.60.